The van der Waals surface area contributed by atoms with Crippen molar-refractivity contribution in [1.29, 1.82) is 0 Å². The summed E-state index contributed by atoms with van der Waals surface area (Å²) < 4.78 is 2.22. The van der Waals surface area contributed by atoms with Crippen molar-refractivity contribution in [2.75, 3.05) is 0 Å². The summed E-state index contributed by atoms with van der Waals surface area (Å²) in [4.78, 5) is 4.43. The third kappa shape index (κ3) is 5.01. The molecule has 1 aromatic rings. The van der Waals surface area contributed by atoms with Crippen molar-refractivity contribution in [3.8, 4) is 0 Å². The van der Waals surface area contributed by atoms with E-state index >= 15 is 0 Å². The van der Waals surface area contributed by atoms with Gasteiger partial charge in [-0.15, -0.1) is 0 Å². The molecule has 0 N–H and O–H groups in total. The first kappa shape index (κ1) is 12.3. The number of hydrogen-bond donors (Lipinski definition) is 0. The molecule has 0 atom stereocenters. The standard InChI is InChI=1S/C13H24N2/c1-3-5-7-8-9-13-11-15(12-14-13)10-6-4-2/h11-12H,3-10H2,1-2H3. The Morgan fingerprint density at radius 1 is 1.07 bits per heavy atom. The molecule has 0 saturated heterocycles. The van der Waals surface area contributed by atoms with Crippen molar-refractivity contribution in [3.05, 3.63) is 18.2 Å². The van der Waals surface area contributed by atoms with E-state index in [1.165, 1.54) is 44.2 Å². The van der Waals surface area contributed by atoms with Crippen molar-refractivity contribution in [2.24, 2.45) is 0 Å². The van der Waals surface area contributed by atoms with Crippen LogP contribution in [-0.2, 0) is 13.0 Å². The molecule has 0 aliphatic carbocycles. The van der Waals surface area contributed by atoms with Crippen LogP contribution in [0.15, 0.2) is 12.5 Å². The molecule has 1 rings (SSSR count). The number of nitrogens with zero attached hydrogens (tertiary/aromatic N) is 2. The molecule has 1 heterocycles. The predicted octanol–water partition coefficient (Wildman–Crippen LogP) is 3.81. The summed E-state index contributed by atoms with van der Waals surface area (Å²) in [7, 11) is 0. The van der Waals surface area contributed by atoms with Gasteiger partial charge in [0.05, 0.1) is 12.0 Å². The average Bonchev–Trinajstić information content (AvgIpc) is 2.69. The number of aromatic nitrogens is 2. The van der Waals surface area contributed by atoms with Crippen LogP contribution in [0.4, 0.5) is 0 Å². The summed E-state index contributed by atoms with van der Waals surface area (Å²) in [5.41, 5.74) is 1.27. The minimum Gasteiger partial charge on any atom is -0.337 e. The molecule has 15 heavy (non-hydrogen) atoms. The zero-order chi connectivity index (χ0) is 10.9. The van der Waals surface area contributed by atoms with Gasteiger partial charge in [-0.2, -0.15) is 0 Å². The van der Waals surface area contributed by atoms with Crippen LogP contribution in [0.5, 0.6) is 0 Å². The monoisotopic (exact) mass is 208 g/mol. The number of unbranched alkanes of at least 4 members (excludes halogenated alkanes) is 4. The zero-order valence-corrected chi connectivity index (χ0v) is 10.2. The Hall–Kier alpha value is -0.790. The van der Waals surface area contributed by atoms with Crippen LogP contribution in [0.3, 0.4) is 0 Å². The molecule has 0 saturated carbocycles. The molecule has 0 bridgehead atoms. The lowest BCUT2D eigenvalue weighted by Crippen LogP contribution is -1.93. The molecule has 0 spiro atoms. The molecule has 0 radical (unpaired) electrons. The van der Waals surface area contributed by atoms with Crippen LogP contribution in [0.25, 0.3) is 0 Å². The van der Waals surface area contributed by atoms with E-state index in [1.54, 1.807) is 0 Å². The van der Waals surface area contributed by atoms with E-state index < -0.39 is 0 Å². The van der Waals surface area contributed by atoms with Gasteiger partial charge in [0.2, 0.25) is 0 Å². The Balaban J connectivity index is 2.20. The number of imidazole rings is 1. The highest BCUT2D eigenvalue weighted by Crippen LogP contribution is 2.06. The van der Waals surface area contributed by atoms with Gasteiger partial charge in [0.1, 0.15) is 0 Å². The van der Waals surface area contributed by atoms with Crippen molar-refractivity contribution in [2.45, 2.75) is 65.3 Å². The van der Waals surface area contributed by atoms with E-state index in [4.69, 9.17) is 0 Å². The van der Waals surface area contributed by atoms with Crippen LogP contribution in [-0.4, -0.2) is 9.55 Å². The average molecular weight is 208 g/mol. The first-order valence-electron chi connectivity index (χ1n) is 6.37. The van der Waals surface area contributed by atoms with Crippen molar-refractivity contribution < 1.29 is 0 Å². The fourth-order valence-corrected chi connectivity index (χ4v) is 1.73. The largest absolute Gasteiger partial charge is 0.337 e. The van der Waals surface area contributed by atoms with Gasteiger partial charge in [-0.05, 0) is 19.3 Å². The Labute approximate surface area is 93.7 Å². The summed E-state index contributed by atoms with van der Waals surface area (Å²) in [5.74, 6) is 0. The first-order valence-corrected chi connectivity index (χ1v) is 6.37. The maximum Gasteiger partial charge on any atom is 0.0949 e. The lowest BCUT2D eigenvalue weighted by atomic mass is 10.1. The number of rotatable bonds is 8. The summed E-state index contributed by atoms with van der Waals surface area (Å²) >= 11 is 0. The second kappa shape index (κ2) is 7.49. The van der Waals surface area contributed by atoms with Crippen molar-refractivity contribution in [1.82, 2.24) is 9.55 Å². The third-order valence-corrected chi connectivity index (χ3v) is 2.74. The molecule has 0 unspecified atom stereocenters. The molecule has 0 aliphatic heterocycles. The van der Waals surface area contributed by atoms with Gasteiger partial charge in [0, 0.05) is 12.7 Å². The molecule has 2 nitrogen and oxygen atoms in total. The van der Waals surface area contributed by atoms with Gasteiger partial charge in [-0.25, -0.2) is 4.98 Å². The molecule has 1 aromatic heterocycles. The van der Waals surface area contributed by atoms with E-state index in [-0.39, 0.29) is 0 Å². The SMILES string of the molecule is CCCCCCc1cn(CCCC)cn1. The minimum absolute atomic E-state index is 1.12. The normalized spacial score (nSPS) is 10.8. The Bertz CT molecular complexity index is 253. The van der Waals surface area contributed by atoms with Crippen LogP contribution in [0.1, 0.15) is 58.1 Å². The molecule has 0 amide bonds. The molecular formula is C13H24N2. The van der Waals surface area contributed by atoms with Gasteiger partial charge in [0.25, 0.3) is 0 Å². The Morgan fingerprint density at radius 2 is 1.87 bits per heavy atom. The lowest BCUT2D eigenvalue weighted by molar-refractivity contribution is 0.629. The van der Waals surface area contributed by atoms with Crippen LogP contribution < -0.4 is 0 Å². The van der Waals surface area contributed by atoms with Gasteiger partial charge in [-0.1, -0.05) is 39.5 Å². The van der Waals surface area contributed by atoms with Gasteiger partial charge < -0.3 is 4.57 Å². The van der Waals surface area contributed by atoms with Gasteiger partial charge in [0.15, 0.2) is 0 Å². The summed E-state index contributed by atoms with van der Waals surface area (Å²) in [6.45, 7) is 5.60. The molecule has 86 valence electrons. The van der Waals surface area contributed by atoms with Gasteiger partial charge in [-0.3, -0.25) is 0 Å². The summed E-state index contributed by atoms with van der Waals surface area (Å²) in [6, 6.07) is 0. The highest BCUT2D eigenvalue weighted by molar-refractivity contribution is 4.96. The van der Waals surface area contributed by atoms with Crippen LogP contribution in [0.2, 0.25) is 0 Å². The fraction of sp³-hybridized carbons (Fsp3) is 0.769. The minimum atomic E-state index is 1.12. The van der Waals surface area contributed by atoms with Crippen LogP contribution >= 0.6 is 0 Å². The number of aryl methyl sites for hydroxylation is 2. The van der Waals surface area contributed by atoms with E-state index in [2.05, 4.69) is 29.6 Å². The van der Waals surface area contributed by atoms with E-state index in [1.807, 2.05) is 6.33 Å². The smallest absolute Gasteiger partial charge is 0.0949 e. The zero-order valence-electron chi connectivity index (χ0n) is 10.2. The van der Waals surface area contributed by atoms with Gasteiger partial charge >= 0.3 is 0 Å². The molecule has 0 aliphatic rings. The molecule has 0 aromatic carbocycles. The maximum atomic E-state index is 4.43. The second-order valence-electron chi connectivity index (χ2n) is 4.27. The highest BCUT2D eigenvalue weighted by atomic mass is 15.0. The third-order valence-electron chi connectivity index (χ3n) is 2.74. The highest BCUT2D eigenvalue weighted by Gasteiger charge is 1.98. The van der Waals surface area contributed by atoms with E-state index in [0.29, 0.717) is 0 Å². The molecule has 2 heteroatoms. The van der Waals surface area contributed by atoms with E-state index in [9.17, 15) is 0 Å². The van der Waals surface area contributed by atoms with E-state index in [0.717, 1.165) is 13.0 Å². The second-order valence-corrected chi connectivity index (χ2v) is 4.27. The van der Waals surface area contributed by atoms with Crippen molar-refractivity contribution >= 4 is 0 Å². The predicted molar refractivity (Wildman–Crippen MR) is 65.0 cm³/mol. The summed E-state index contributed by atoms with van der Waals surface area (Å²) in [6.07, 6.45) is 13.2. The fourth-order valence-electron chi connectivity index (χ4n) is 1.73. The van der Waals surface area contributed by atoms with Crippen LogP contribution in [0, 0.1) is 0 Å². The van der Waals surface area contributed by atoms with Crippen molar-refractivity contribution in [3.63, 3.8) is 0 Å². The first-order chi connectivity index (χ1) is 7.36. The summed E-state index contributed by atoms with van der Waals surface area (Å²) in [5, 5.41) is 0. The Morgan fingerprint density at radius 3 is 2.60 bits per heavy atom. The molecular weight excluding hydrogens is 184 g/mol. The molecule has 0 fully saturated rings. The lowest BCUT2D eigenvalue weighted by Gasteiger charge is -1.98. The number of hydrogen-bond acceptors (Lipinski definition) is 1. The quantitative estimate of drug-likeness (QED) is 0.594. The Kier molecular flexibility index (Phi) is 6.14. The topological polar surface area (TPSA) is 17.8 Å². The maximum absolute atomic E-state index is 4.43.